The minimum atomic E-state index is -0.606. The summed E-state index contributed by atoms with van der Waals surface area (Å²) >= 11 is 0. The largest absolute Gasteiger partial charge is 0.369 e. The number of carbonyl (C=O) groups excluding carboxylic acids is 4. The number of rotatable bonds is 7. The molecule has 0 unspecified atom stereocenters. The second-order valence-electron chi connectivity index (χ2n) is 16.8. The molecule has 5 amide bonds. The number of carbonyl (C=O) groups is 4. The molecule has 0 saturated carbocycles. The van der Waals surface area contributed by atoms with Crippen LogP contribution in [0.4, 0.5) is 27.8 Å². The first kappa shape index (κ1) is 39.1. The van der Waals surface area contributed by atoms with E-state index < -0.39 is 6.04 Å². The van der Waals surface area contributed by atoms with Gasteiger partial charge in [0, 0.05) is 112 Å². The van der Waals surface area contributed by atoms with E-state index in [9.17, 15) is 24.4 Å². The van der Waals surface area contributed by atoms with E-state index in [4.69, 9.17) is 0 Å². The lowest BCUT2D eigenvalue weighted by Crippen LogP contribution is -2.59. The summed E-state index contributed by atoms with van der Waals surface area (Å²) < 4.78 is 0. The third-order valence-corrected chi connectivity index (χ3v) is 13.0. The molecule has 3 atom stereocenters. The number of piperazine rings is 2. The van der Waals surface area contributed by atoms with Crippen LogP contribution < -0.4 is 25.3 Å². The van der Waals surface area contributed by atoms with Gasteiger partial charge in [0.1, 0.15) is 12.1 Å². The molecule has 2 aromatic heterocycles. The first-order chi connectivity index (χ1) is 29.1. The number of pyridine rings is 1. The zero-order valence-electron chi connectivity index (χ0n) is 34.1. The standard InChI is InChI=1S/C44H50N12O4/c1-28-25-55(29(2)24-54(28)37-8-5-31(21-45)40-36(37)4-3-13-46-40)44(60)49-33-22-47-43(48-23-33)53-14-11-30(12-15-53)26-51-16-18-52(19-17-51)34-6-7-35-32(20-34)27-56(42(35)59)38-9-10-39(57)50-41(38)58/h3-8,13,20,22-23,28-30,38H,9-12,14-19,24-27H2,1-2H3,(H,49,60)(H,50,57,58)/t28-,29+,38-/m0/s1. The number of imide groups is 1. The van der Waals surface area contributed by atoms with Gasteiger partial charge < -0.3 is 29.8 Å². The van der Waals surface area contributed by atoms with Crippen molar-refractivity contribution in [2.75, 3.05) is 78.9 Å². The molecule has 0 spiro atoms. The fraction of sp³-hybridized carbons (Fsp3) is 0.455. The Labute approximate surface area is 349 Å². The van der Waals surface area contributed by atoms with Gasteiger partial charge in [0.15, 0.2) is 0 Å². The van der Waals surface area contributed by atoms with Gasteiger partial charge in [-0.15, -0.1) is 0 Å². The number of hydrogen-bond acceptors (Lipinski definition) is 12. The highest BCUT2D eigenvalue weighted by molar-refractivity contribution is 6.05. The molecular formula is C44H50N12O4. The molecule has 7 heterocycles. The Bertz CT molecular complexity index is 2350. The Morgan fingerprint density at radius 3 is 2.42 bits per heavy atom. The number of fused-ring (bicyclic) bond motifs is 2. The van der Waals surface area contributed by atoms with Gasteiger partial charge in [-0.3, -0.25) is 29.6 Å². The lowest BCUT2D eigenvalue weighted by atomic mass is 9.96. The van der Waals surface area contributed by atoms with Crippen molar-refractivity contribution in [1.29, 1.82) is 5.26 Å². The number of anilines is 4. The molecule has 16 nitrogen and oxygen atoms in total. The summed E-state index contributed by atoms with van der Waals surface area (Å²) in [6.45, 7) is 12.3. The van der Waals surface area contributed by atoms with Crippen molar-refractivity contribution in [2.45, 2.75) is 64.2 Å². The van der Waals surface area contributed by atoms with E-state index >= 15 is 0 Å². The van der Waals surface area contributed by atoms with E-state index in [1.54, 1.807) is 23.5 Å². The maximum Gasteiger partial charge on any atom is 0.322 e. The van der Waals surface area contributed by atoms with Crippen LogP contribution in [0.1, 0.15) is 61.0 Å². The molecule has 60 heavy (non-hydrogen) atoms. The van der Waals surface area contributed by atoms with Crippen LogP contribution >= 0.6 is 0 Å². The number of urea groups is 1. The van der Waals surface area contributed by atoms with E-state index in [-0.39, 0.29) is 42.3 Å². The number of amides is 5. The smallest absolute Gasteiger partial charge is 0.322 e. The SMILES string of the molecule is C[C@@H]1CN(c2ccc(C#N)c3ncccc23)[C@@H](C)CN1C(=O)Nc1cnc(N2CCC(CN3CCN(c4ccc5c(c4)CN([C@H]4CCC(=O)NC4=O)C5=O)CC3)CC2)nc1. The molecule has 4 saturated heterocycles. The minimum absolute atomic E-state index is 0.0434. The molecule has 9 rings (SSSR count). The first-order valence-corrected chi connectivity index (χ1v) is 21.1. The van der Waals surface area contributed by atoms with E-state index in [2.05, 4.69) is 64.2 Å². The zero-order valence-corrected chi connectivity index (χ0v) is 34.1. The third-order valence-electron chi connectivity index (χ3n) is 13.0. The monoisotopic (exact) mass is 810 g/mol. The topological polar surface area (TPSA) is 174 Å². The average molecular weight is 811 g/mol. The fourth-order valence-corrected chi connectivity index (χ4v) is 9.61. The van der Waals surface area contributed by atoms with E-state index in [1.807, 2.05) is 48.2 Å². The zero-order chi connectivity index (χ0) is 41.5. The Hall–Kier alpha value is -6.34. The number of hydrogen-bond donors (Lipinski definition) is 2. The van der Waals surface area contributed by atoms with Crippen LogP contribution in [-0.2, 0) is 16.1 Å². The fourth-order valence-electron chi connectivity index (χ4n) is 9.61. The predicted octanol–water partition coefficient (Wildman–Crippen LogP) is 3.83. The lowest BCUT2D eigenvalue weighted by molar-refractivity contribution is -0.136. The highest BCUT2D eigenvalue weighted by atomic mass is 16.2. The van der Waals surface area contributed by atoms with Crippen LogP contribution in [0.5, 0.6) is 0 Å². The van der Waals surface area contributed by atoms with E-state index in [0.29, 0.717) is 60.3 Å². The molecule has 2 aromatic carbocycles. The molecule has 2 N–H and O–H groups in total. The van der Waals surface area contributed by atoms with Crippen molar-refractivity contribution in [3.05, 3.63) is 77.7 Å². The molecular weight excluding hydrogens is 761 g/mol. The van der Waals surface area contributed by atoms with Gasteiger partial charge in [-0.25, -0.2) is 14.8 Å². The van der Waals surface area contributed by atoms with Crippen LogP contribution in [0.25, 0.3) is 10.9 Å². The summed E-state index contributed by atoms with van der Waals surface area (Å²) in [5.41, 5.74) is 5.49. The van der Waals surface area contributed by atoms with Crippen molar-refractivity contribution in [2.24, 2.45) is 5.92 Å². The van der Waals surface area contributed by atoms with Gasteiger partial charge in [-0.05, 0) is 87.1 Å². The Morgan fingerprint density at radius 1 is 0.883 bits per heavy atom. The Morgan fingerprint density at radius 2 is 1.67 bits per heavy atom. The number of nitrogens with zero attached hydrogens (tertiary/aromatic N) is 10. The van der Waals surface area contributed by atoms with Gasteiger partial charge in [-0.1, -0.05) is 0 Å². The summed E-state index contributed by atoms with van der Waals surface area (Å²) in [6, 6.07) is 15.1. The molecule has 0 bridgehead atoms. The van der Waals surface area contributed by atoms with Crippen molar-refractivity contribution in [1.82, 2.24) is 35.0 Å². The second kappa shape index (κ2) is 16.4. The highest BCUT2D eigenvalue weighted by Gasteiger charge is 2.39. The van der Waals surface area contributed by atoms with Crippen molar-refractivity contribution in [3.63, 3.8) is 0 Å². The summed E-state index contributed by atoms with van der Waals surface area (Å²) in [6.07, 6.45) is 7.82. The third kappa shape index (κ3) is 7.65. The van der Waals surface area contributed by atoms with Crippen LogP contribution in [-0.4, -0.2) is 130 Å². The molecule has 4 aromatic rings. The summed E-state index contributed by atoms with van der Waals surface area (Å²) in [4.78, 5) is 77.4. The van der Waals surface area contributed by atoms with Gasteiger partial charge >= 0.3 is 6.03 Å². The molecule has 0 radical (unpaired) electrons. The van der Waals surface area contributed by atoms with Gasteiger partial charge in [-0.2, -0.15) is 5.26 Å². The van der Waals surface area contributed by atoms with Crippen LogP contribution in [0.15, 0.2) is 61.1 Å². The molecule has 4 fully saturated rings. The number of aromatic nitrogens is 3. The normalized spacial score (nSPS) is 22.9. The Kier molecular flexibility index (Phi) is 10.7. The van der Waals surface area contributed by atoms with Crippen molar-refractivity contribution >= 4 is 57.7 Å². The summed E-state index contributed by atoms with van der Waals surface area (Å²) in [7, 11) is 0. The van der Waals surface area contributed by atoms with Gasteiger partial charge in [0.25, 0.3) is 5.91 Å². The van der Waals surface area contributed by atoms with Crippen LogP contribution in [0.2, 0.25) is 0 Å². The summed E-state index contributed by atoms with van der Waals surface area (Å²) in [5.74, 6) is 0.454. The second-order valence-corrected chi connectivity index (χ2v) is 16.8. The molecule has 0 aliphatic carbocycles. The number of piperidine rings is 2. The summed E-state index contributed by atoms with van der Waals surface area (Å²) in [5, 5.41) is 15.9. The highest BCUT2D eigenvalue weighted by Crippen LogP contribution is 2.33. The van der Waals surface area contributed by atoms with Gasteiger partial charge in [0.2, 0.25) is 17.8 Å². The molecule has 5 aliphatic rings. The maximum atomic E-state index is 13.5. The molecule has 310 valence electrons. The van der Waals surface area contributed by atoms with Crippen molar-refractivity contribution < 1.29 is 19.2 Å². The van der Waals surface area contributed by atoms with E-state index in [0.717, 1.165) is 81.0 Å². The lowest BCUT2D eigenvalue weighted by Gasteiger charge is -2.45. The first-order valence-electron chi connectivity index (χ1n) is 21.1. The van der Waals surface area contributed by atoms with Crippen LogP contribution in [0, 0.1) is 17.2 Å². The minimum Gasteiger partial charge on any atom is -0.369 e. The molecule has 16 heteroatoms. The number of benzene rings is 2. The number of nitrogens with one attached hydrogen (secondary N) is 2. The Balaban J connectivity index is 0.722. The quantitative estimate of drug-likeness (QED) is 0.259. The average Bonchev–Trinajstić information content (AvgIpc) is 3.59. The maximum absolute atomic E-state index is 13.5. The molecule has 5 aliphatic heterocycles. The number of nitriles is 1. The van der Waals surface area contributed by atoms with Crippen LogP contribution in [0.3, 0.4) is 0 Å². The van der Waals surface area contributed by atoms with Gasteiger partial charge in [0.05, 0.1) is 29.2 Å². The predicted molar refractivity (Wildman–Crippen MR) is 227 cm³/mol. The van der Waals surface area contributed by atoms with Crippen molar-refractivity contribution in [3.8, 4) is 6.07 Å². The van der Waals surface area contributed by atoms with E-state index in [1.165, 1.54) is 0 Å².